The summed E-state index contributed by atoms with van der Waals surface area (Å²) >= 11 is 0. The fourth-order valence-corrected chi connectivity index (χ4v) is 2.24. The van der Waals surface area contributed by atoms with Crippen LogP contribution in [0.5, 0.6) is 5.75 Å². The monoisotopic (exact) mass is 278 g/mol. The summed E-state index contributed by atoms with van der Waals surface area (Å²) in [5.74, 6) is 0.239. The largest absolute Gasteiger partial charge is 0.508 e. The standard InChI is InChI=1S/C15H22N2O3/c1-14(2,3)20-13(19)16-10-15(8-9-17-15)11-4-6-12(18)7-5-11/h4-7,17-18H,8-10H2,1-3H3,(H,16,19). The Morgan fingerprint density at radius 1 is 1.40 bits per heavy atom. The van der Waals surface area contributed by atoms with Gasteiger partial charge >= 0.3 is 6.09 Å². The van der Waals surface area contributed by atoms with Crippen LogP contribution in [0.1, 0.15) is 32.8 Å². The zero-order chi connectivity index (χ0) is 14.8. The first-order valence-electron chi connectivity index (χ1n) is 6.82. The molecule has 20 heavy (non-hydrogen) atoms. The number of phenols is 1. The fourth-order valence-electron chi connectivity index (χ4n) is 2.24. The third-order valence-corrected chi connectivity index (χ3v) is 3.37. The molecule has 0 aliphatic carbocycles. The molecular formula is C15H22N2O3. The lowest BCUT2D eigenvalue weighted by Crippen LogP contribution is -2.60. The Kier molecular flexibility index (Phi) is 3.90. The number of benzene rings is 1. The van der Waals surface area contributed by atoms with E-state index in [0.29, 0.717) is 6.54 Å². The van der Waals surface area contributed by atoms with Crippen molar-refractivity contribution in [2.75, 3.05) is 13.1 Å². The van der Waals surface area contributed by atoms with E-state index in [9.17, 15) is 9.90 Å². The number of ether oxygens (including phenoxy) is 1. The highest BCUT2D eigenvalue weighted by molar-refractivity contribution is 5.67. The van der Waals surface area contributed by atoms with Crippen molar-refractivity contribution in [2.24, 2.45) is 0 Å². The SMILES string of the molecule is CC(C)(C)OC(=O)NCC1(c2ccc(O)cc2)CCN1. The Bertz CT molecular complexity index is 473. The number of amides is 1. The molecule has 0 saturated carbocycles. The van der Waals surface area contributed by atoms with Crippen LogP contribution in [0.4, 0.5) is 4.79 Å². The van der Waals surface area contributed by atoms with Crippen LogP contribution < -0.4 is 10.6 Å². The van der Waals surface area contributed by atoms with Gasteiger partial charge in [0.05, 0.1) is 5.54 Å². The third kappa shape index (κ3) is 3.42. The van der Waals surface area contributed by atoms with Gasteiger partial charge in [-0.2, -0.15) is 0 Å². The smallest absolute Gasteiger partial charge is 0.407 e. The number of hydrogen-bond acceptors (Lipinski definition) is 4. The van der Waals surface area contributed by atoms with E-state index in [2.05, 4.69) is 10.6 Å². The van der Waals surface area contributed by atoms with Crippen molar-refractivity contribution in [2.45, 2.75) is 38.3 Å². The first-order valence-corrected chi connectivity index (χ1v) is 6.82. The second-order valence-electron chi connectivity index (χ2n) is 6.16. The molecule has 3 N–H and O–H groups in total. The highest BCUT2D eigenvalue weighted by atomic mass is 16.6. The van der Waals surface area contributed by atoms with Crippen LogP contribution in [0.3, 0.4) is 0 Å². The summed E-state index contributed by atoms with van der Waals surface area (Å²) in [6, 6.07) is 7.06. The molecule has 0 radical (unpaired) electrons. The zero-order valence-corrected chi connectivity index (χ0v) is 12.2. The predicted octanol–water partition coefficient (Wildman–Crippen LogP) is 2.11. The minimum atomic E-state index is -0.497. The summed E-state index contributed by atoms with van der Waals surface area (Å²) < 4.78 is 5.24. The van der Waals surface area contributed by atoms with Gasteiger partial charge in [-0.15, -0.1) is 0 Å². The van der Waals surface area contributed by atoms with E-state index in [0.717, 1.165) is 18.5 Å². The highest BCUT2D eigenvalue weighted by Gasteiger charge is 2.38. The number of alkyl carbamates (subject to hydrolysis) is 1. The van der Waals surface area contributed by atoms with Gasteiger partial charge in [0.2, 0.25) is 0 Å². The van der Waals surface area contributed by atoms with Crippen molar-refractivity contribution in [3.8, 4) is 5.75 Å². The lowest BCUT2D eigenvalue weighted by atomic mass is 9.80. The molecule has 1 aromatic carbocycles. The molecular weight excluding hydrogens is 256 g/mol. The molecule has 1 aliphatic rings. The van der Waals surface area contributed by atoms with Gasteiger partial charge in [0.1, 0.15) is 11.4 Å². The number of nitrogens with one attached hydrogen (secondary N) is 2. The van der Waals surface area contributed by atoms with Gasteiger partial charge in [0.25, 0.3) is 0 Å². The van der Waals surface area contributed by atoms with Gasteiger partial charge in [-0.3, -0.25) is 0 Å². The molecule has 5 heteroatoms. The van der Waals surface area contributed by atoms with Gasteiger partial charge in [-0.05, 0) is 51.4 Å². The van der Waals surface area contributed by atoms with Crippen molar-refractivity contribution in [1.82, 2.24) is 10.6 Å². The van der Waals surface area contributed by atoms with Gasteiger partial charge in [-0.1, -0.05) is 12.1 Å². The van der Waals surface area contributed by atoms with Crippen LogP contribution in [0.25, 0.3) is 0 Å². The van der Waals surface area contributed by atoms with Crippen LogP contribution in [0.2, 0.25) is 0 Å². The van der Waals surface area contributed by atoms with Crippen molar-refractivity contribution < 1.29 is 14.6 Å². The lowest BCUT2D eigenvalue weighted by Gasteiger charge is -2.44. The van der Waals surface area contributed by atoms with E-state index < -0.39 is 11.7 Å². The van der Waals surface area contributed by atoms with Gasteiger partial charge in [0, 0.05) is 6.54 Å². The van der Waals surface area contributed by atoms with Crippen LogP contribution in [-0.2, 0) is 10.3 Å². The Hall–Kier alpha value is -1.75. The summed E-state index contributed by atoms with van der Waals surface area (Å²) in [6.07, 6.45) is 0.525. The number of phenolic OH excluding ortho intramolecular Hbond substituents is 1. The molecule has 1 saturated heterocycles. The fraction of sp³-hybridized carbons (Fsp3) is 0.533. The predicted molar refractivity (Wildman–Crippen MR) is 76.6 cm³/mol. The molecule has 1 aromatic rings. The summed E-state index contributed by atoms with van der Waals surface area (Å²) in [6.45, 7) is 6.89. The number of hydrogen-bond donors (Lipinski definition) is 3. The van der Waals surface area contributed by atoms with Crippen LogP contribution >= 0.6 is 0 Å². The third-order valence-electron chi connectivity index (χ3n) is 3.37. The first kappa shape index (κ1) is 14.7. The number of aromatic hydroxyl groups is 1. The maximum Gasteiger partial charge on any atom is 0.407 e. The molecule has 1 aliphatic heterocycles. The number of carbonyl (C=O) groups excluding carboxylic acids is 1. The molecule has 1 heterocycles. The first-order chi connectivity index (χ1) is 9.31. The summed E-state index contributed by atoms with van der Waals surface area (Å²) in [5.41, 5.74) is 0.297. The average molecular weight is 278 g/mol. The molecule has 5 nitrogen and oxygen atoms in total. The number of carbonyl (C=O) groups is 1. The van der Waals surface area contributed by atoms with Crippen LogP contribution in [0.15, 0.2) is 24.3 Å². The molecule has 2 rings (SSSR count). The molecule has 0 spiro atoms. The van der Waals surface area contributed by atoms with Gasteiger partial charge in [-0.25, -0.2) is 4.79 Å². The molecule has 1 fully saturated rings. The Labute approximate surface area is 119 Å². The Morgan fingerprint density at radius 2 is 2.00 bits per heavy atom. The van der Waals surface area contributed by atoms with Crippen LogP contribution in [-0.4, -0.2) is 29.9 Å². The normalized spacial score (nSPS) is 21.9. The Morgan fingerprint density at radius 3 is 2.45 bits per heavy atom. The van der Waals surface area contributed by atoms with Crippen molar-refractivity contribution in [3.05, 3.63) is 29.8 Å². The van der Waals surface area contributed by atoms with E-state index in [-0.39, 0.29) is 11.3 Å². The van der Waals surface area contributed by atoms with Crippen LogP contribution in [0, 0.1) is 0 Å². The van der Waals surface area contributed by atoms with Crippen molar-refractivity contribution in [1.29, 1.82) is 0 Å². The van der Waals surface area contributed by atoms with Crippen molar-refractivity contribution >= 4 is 6.09 Å². The van der Waals surface area contributed by atoms with E-state index >= 15 is 0 Å². The topological polar surface area (TPSA) is 70.6 Å². The highest BCUT2D eigenvalue weighted by Crippen LogP contribution is 2.31. The number of rotatable bonds is 3. The molecule has 0 bridgehead atoms. The van der Waals surface area contributed by atoms with E-state index in [1.165, 1.54) is 0 Å². The summed E-state index contributed by atoms with van der Waals surface area (Å²) in [5, 5.41) is 15.5. The molecule has 110 valence electrons. The van der Waals surface area contributed by atoms with E-state index in [1.54, 1.807) is 12.1 Å². The molecule has 1 atom stereocenters. The average Bonchev–Trinajstić information content (AvgIpc) is 2.27. The summed E-state index contributed by atoms with van der Waals surface area (Å²) in [4.78, 5) is 11.7. The molecule has 0 aromatic heterocycles. The second kappa shape index (κ2) is 5.32. The van der Waals surface area contributed by atoms with Gasteiger partial charge in [0.15, 0.2) is 0 Å². The van der Waals surface area contributed by atoms with E-state index in [1.807, 2.05) is 32.9 Å². The quantitative estimate of drug-likeness (QED) is 0.792. The minimum Gasteiger partial charge on any atom is -0.508 e. The van der Waals surface area contributed by atoms with Gasteiger partial charge < -0.3 is 20.5 Å². The minimum absolute atomic E-state index is 0.239. The summed E-state index contributed by atoms with van der Waals surface area (Å²) in [7, 11) is 0. The zero-order valence-electron chi connectivity index (χ0n) is 12.2. The molecule has 1 unspecified atom stereocenters. The molecule has 1 amide bonds. The maximum absolute atomic E-state index is 11.7. The van der Waals surface area contributed by atoms with E-state index in [4.69, 9.17) is 4.74 Å². The van der Waals surface area contributed by atoms with Crippen molar-refractivity contribution in [3.63, 3.8) is 0 Å². The Balaban J connectivity index is 1.98. The lowest BCUT2D eigenvalue weighted by molar-refractivity contribution is 0.0491. The second-order valence-corrected chi connectivity index (χ2v) is 6.16. The maximum atomic E-state index is 11.7.